The number of carbonyl (C=O) groups excluding carboxylic acids is 1. The fourth-order valence-corrected chi connectivity index (χ4v) is 3.39. The number of nitrogens with one attached hydrogen (secondary N) is 1. The van der Waals surface area contributed by atoms with Crippen molar-refractivity contribution in [2.75, 3.05) is 0 Å². The Morgan fingerprint density at radius 2 is 1.95 bits per heavy atom. The number of hydrogen-bond donors (Lipinski definition) is 1. The lowest BCUT2D eigenvalue weighted by Gasteiger charge is -2.14. The molecule has 6 heteroatoms. The summed E-state index contributed by atoms with van der Waals surface area (Å²) in [6.07, 6.45) is 0. The first-order valence-corrected chi connectivity index (χ1v) is 8.60. The van der Waals surface area contributed by atoms with Crippen LogP contribution < -0.4 is 0 Å². The summed E-state index contributed by atoms with van der Waals surface area (Å²) in [5.41, 5.74) is 2.00. The second kappa shape index (κ2) is 7.23. The molecule has 0 saturated heterocycles. The molecule has 0 atom stereocenters. The fourth-order valence-electron chi connectivity index (χ4n) is 1.67. The fraction of sp³-hybridized carbons (Fsp3) is 0.250. The van der Waals surface area contributed by atoms with Crippen molar-refractivity contribution in [1.29, 1.82) is 0 Å². The highest BCUT2D eigenvalue weighted by Crippen LogP contribution is 2.34. The molecule has 3 aromatic rings. The number of hydrogen-bond acceptors (Lipinski definition) is 4. The zero-order chi connectivity index (χ0) is 16.2. The number of ether oxygens (including phenoxy) is 1. The average molecular weight is 428 g/mol. The third-order valence-corrected chi connectivity index (χ3v) is 4.98. The number of halogens is 1. The number of aromatic amines is 1. The lowest BCUT2D eigenvalue weighted by Crippen LogP contribution is -2.17. The van der Waals surface area contributed by atoms with E-state index in [9.17, 15) is 4.79 Å². The van der Waals surface area contributed by atoms with Crippen molar-refractivity contribution in [2.45, 2.75) is 26.4 Å². The van der Waals surface area contributed by atoms with Crippen LogP contribution in [-0.2, 0) is 9.53 Å². The van der Waals surface area contributed by atoms with E-state index in [-0.39, 0.29) is 5.60 Å². The number of rotatable bonds is 2. The van der Waals surface area contributed by atoms with Crippen LogP contribution in [0.1, 0.15) is 20.8 Å². The van der Waals surface area contributed by atoms with E-state index in [4.69, 9.17) is 0 Å². The smallest absolute Gasteiger partial charge is 0.293 e. The van der Waals surface area contributed by atoms with Crippen LogP contribution in [-0.4, -0.2) is 22.3 Å². The van der Waals surface area contributed by atoms with Gasteiger partial charge in [-0.15, -0.1) is 11.3 Å². The first-order chi connectivity index (χ1) is 10.4. The molecule has 116 valence electrons. The minimum absolute atomic E-state index is 0.318. The van der Waals surface area contributed by atoms with Gasteiger partial charge >= 0.3 is 0 Å². The van der Waals surface area contributed by atoms with Gasteiger partial charge in [-0.2, -0.15) is 5.10 Å². The van der Waals surface area contributed by atoms with E-state index in [1.807, 2.05) is 26.8 Å². The van der Waals surface area contributed by atoms with Crippen LogP contribution in [0.15, 0.2) is 36.4 Å². The van der Waals surface area contributed by atoms with Crippen molar-refractivity contribution in [1.82, 2.24) is 10.2 Å². The summed E-state index contributed by atoms with van der Waals surface area (Å²) < 4.78 is 6.91. The Hall–Kier alpha value is -1.41. The van der Waals surface area contributed by atoms with Crippen LogP contribution in [0.5, 0.6) is 0 Å². The highest BCUT2D eigenvalue weighted by atomic mass is 127. The Bertz CT molecular complexity index is 744. The van der Waals surface area contributed by atoms with E-state index >= 15 is 0 Å². The largest absolute Gasteiger partial charge is 0.462 e. The lowest BCUT2D eigenvalue weighted by molar-refractivity contribution is -0.138. The summed E-state index contributed by atoms with van der Waals surface area (Å²) in [7, 11) is 0. The molecule has 0 aliphatic rings. The van der Waals surface area contributed by atoms with Gasteiger partial charge in [0.15, 0.2) is 0 Å². The van der Waals surface area contributed by atoms with Crippen LogP contribution in [0.4, 0.5) is 0 Å². The molecule has 1 aromatic carbocycles. The number of benzene rings is 1. The molecule has 0 aliphatic carbocycles. The van der Waals surface area contributed by atoms with Gasteiger partial charge in [-0.25, -0.2) is 0 Å². The van der Waals surface area contributed by atoms with Crippen LogP contribution in [0.25, 0.3) is 20.7 Å². The molecule has 0 spiro atoms. The zero-order valence-electron chi connectivity index (χ0n) is 12.6. The van der Waals surface area contributed by atoms with E-state index < -0.39 is 0 Å². The Kier molecular flexibility index (Phi) is 5.57. The first kappa shape index (κ1) is 17.0. The summed E-state index contributed by atoms with van der Waals surface area (Å²) in [4.78, 5) is 10.9. The molecule has 2 aromatic heterocycles. The molecule has 0 radical (unpaired) electrons. The van der Waals surface area contributed by atoms with E-state index in [1.165, 1.54) is 15.1 Å². The molecule has 0 unspecified atom stereocenters. The average Bonchev–Trinajstić information content (AvgIpc) is 3.02. The molecule has 1 N–H and O–H groups in total. The third-order valence-electron chi connectivity index (χ3n) is 2.65. The van der Waals surface area contributed by atoms with Gasteiger partial charge in [0, 0.05) is 4.88 Å². The number of aromatic nitrogens is 2. The first-order valence-electron chi connectivity index (χ1n) is 6.71. The van der Waals surface area contributed by atoms with Gasteiger partial charge in [0.1, 0.15) is 14.8 Å². The minimum Gasteiger partial charge on any atom is -0.462 e. The van der Waals surface area contributed by atoms with Crippen LogP contribution >= 0.6 is 33.9 Å². The third kappa shape index (κ3) is 4.54. The monoisotopic (exact) mass is 428 g/mol. The number of carbonyl (C=O) groups is 1. The predicted octanol–water partition coefficient (Wildman–Crippen LogP) is 4.85. The zero-order valence-corrected chi connectivity index (χ0v) is 15.6. The molecule has 0 saturated carbocycles. The maximum Gasteiger partial charge on any atom is 0.293 e. The van der Waals surface area contributed by atoms with Crippen molar-refractivity contribution in [2.24, 2.45) is 0 Å². The van der Waals surface area contributed by atoms with Gasteiger partial charge in [0.2, 0.25) is 0 Å². The Labute approximate surface area is 147 Å². The summed E-state index contributed by atoms with van der Waals surface area (Å²) in [5, 5.41) is 7.22. The quantitative estimate of drug-likeness (QED) is 0.469. The van der Waals surface area contributed by atoms with Crippen molar-refractivity contribution in [3.8, 4) is 10.4 Å². The normalized spacial score (nSPS) is 10.9. The lowest BCUT2D eigenvalue weighted by atomic mass is 10.2. The van der Waals surface area contributed by atoms with Crippen LogP contribution in [0.2, 0.25) is 0 Å². The summed E-state index contributed by atoms with van der Waals surface area (Å²) >= 11 is 4.06. The second-order valence-electron chi connectivity index (χ2n) is 5.56. The summed E-state index contributed by atoms with van der Waals surface area (Å²) in [6.45, 7) is 5.92. The van der Waals surface area contributed by atoms with Crippen molar-refractivity contribution >= 4 is 50.6 Å². The van der Waals surface area contributed by atoms with Crippen molar-refractivity contribution < 1.29 is 9.53 Å². The molecule has 0 amide bonds. The topological polar surface area (TPSA) is 55.0 Å². The molecule has 0 bridgehead atoms. The molecule has 0 aliphatic heterocycles. The number of H-pyrrole nitrogens is 1. The highest BCUT2D eigenvalue weighted by molar-refractivity contribution is 14.1. The van der Waals surface area contributed by atoms with Gasteiger partial charge in [-0.05, 0) is 55.0 Å². The van der Waals surface area contributed by atoms with Gasteiger partial charge in [-0.1, -0.05) is 30.3 Å². The van der Waals surface area contributed by atoms with Gasteiger partial charge in [0.05, 0.1) is 4.70 Å². The van der Waals surface area contributed by atoms with Crippen LogP contribution in [0, 0.1) is 3.70 Å². The van der Waals surface area contributed by atoms with Crippen molar-refractivity contribution in [3.05, 3.63) is 40.1 Å². The Morgan fingerprint density at radius 1 is 1.27 bits per heavy atom. The standard InChI is InChI=1S/C11H7IN2S.C5H10O2/c12-11-10-8(13-14-11)6-9(15-10)7-4-2-1-3-5-7;1-5(2,3)7-4-6/h1-6H,(H,13,14);4H,1-3H3. The predicted molar refractivity (Wildman–Crippen MR) is 99.0 cm³/mol. The maximum absolute atomic E-state index is 9.60. The minimum atomic E-state index is -0.318. The van der Waals surface area contributed by atoms with Crippen LogP contribution in [0.3, 0.4) is 0 Å². The van der Waals surface area contributed by atoms with E-state index in [1.54, 1.807) is 11.3 Å². The van der Waals surface area contributed by atoms with Gasteiger partial charge < -0.3 is 4.74 Å². The number of fused-ring (bicyclic) bond motifs is 1. The molecular formula is C16H17IN2O2S. The second-order valence-corrected chi connectivity index (χ2v) is 7.69. The molecule has 4 nitrogen and oxygen atoms in total. The van der Waals surface area contributed by atoms with Gasteiger partial charge in [-0.3, -0.25) is 9.89 Å². The van der Waals surface area contributed by atoms with E-state index in [0.717, 1.165) is 9.22 Å². The molecule has 3 rings (SSSR count). The molecule has 0 fully saturated rings. The SMILES string of the molecule is CC(C)(C)OC=O.Ic1[nH]nc2cc(-c3ccccc3)sc12. The van der Waals surface area contributed by atoms with Gasteiger partial charge in [0.25, 0.3) is 6.47 Å². The Balaban J connectivity index is 0.000000217. The molecule has 2 heterocycles. The van der Waals surface area contributed by atoms with E-state index in [2.05, 4.69) is 67.9 Å². The summed E-state index contributed by atoms with van der Waals surface area (Å²) in [5.74, 6) is 0. The number of thiophene rings is 1. The van der Waals surface area contributed by atoms with Crippen molar-refractivity contribution in [3.63, 3.8) is 0 Å². The maximum atomic E-state index is 9.60. The molecule has 22 heavy (non-hydrogen) atoms. The summed E-state index contributed by atoms with van der Waals surface area (Å²) in [6, 6.07) is 12.5. The molecular weight excluding hydrogens is 411 g/mol. The highest BCUT2D eigenvalue weighted by Gasteiger charge is 2.09. The Morgan fingerprint density at radius 3 is 2.45 bits per heavy atom. The number of nitrogens with zero attached hydrogens (tertiary/aromatic N) is 1. The van der Waals surface area contributed by atoms with E-state index in [0.29, 0.717) is 6.47 Å².